The van der Waals surface area contributed by atoms with Gasteiger partial charge in [0.25, 0.3) is 0 Å². The Morgan fingerprint density at radius 3 is 2.50 bits per heavy atom. The van der Waals surface area contributed by atoms with Gasteiger partial charge in [0.2, 0.25) is 11.8 Å². The fourth-order valence-electron chi connectivity index (χ4n) is 3.30. The van der Waals surface area contributed by atoms with Crippen molar-refractivity contribution in [2.24, 2.45) is 7.05 Å². The van der Waals surface area contributed by atoms with Crippen LogP contribution in [0.1, 0.15) is 18.9 Å². The van der Waals surface area contributed by atoms with E-state index >= 15 is 0 Å². The average Bonchev–Trinajstić information content (AvgIpc) is 3.31. The van der Waals surface area contributed by atoms with Gasteiger partial charge in [-0.1, -0.05) is 6.08 Å². The number of aryl methyl sites for hydroxylation is 1. The molecular formula is C18H24N4O4. The van der Waals surface area contributed by atoms with Gasteiger partial charge in [0.15, 0.2) is 0 Å². The number of aromatic nitrogens is 2. The molecule has 140 valence electrons. The predicted octanol–water partition coefficient (Wildman–Crippen LogP) is 0.0272. The molecule has 1 aromatic rings. The summed E-state index contributed by atoms with van der Waals surface area (Å²) in [5.41, 5.74) is 2.25. The zero-order chi connectivity index (χ0) is 18.7. The van der Waals surface area contributed by atoms with Crippen molar-refractivity contribution in [3.63, 3.8) is 0 Å². The molecule has 1 atom stereocenters. The van der Waals surface area contributed by atoms with E-state index in [2.05, 4.69) is 4.98 Å². The molecule has 1 N–H and O–H groups in total. The van der Waals surface area contributed by atoms with Crippen molar-refractivity contribution in [1.29, 1.82) is 0 Å². The van der Waals surface area contributed by atoms with E-state index in [9.17, 15) is 9.59 Å². The number of hydrogen-bond acceptors (Lipinski definition) is 5. The second-order valence-electron chi connectivity index (χ2n) is 6.59. The Balaban J connectivity index is 1.46. The van der Waals surface area contributed by atoms with Gasteiger partial charge < -0.3 is 24.2 Å². The number of hydrogen-bond donors (Lipinski definition) is 1. The van der Waals surface area contributed by atoms with Crippen LogP contribution in [0.3, 0.4) is 0 Å². The van der Waals surface area contributed by atoms with Crippen molar-refractivity contribution in [1.82, 2.24) is 19.4 Å². The lowest BCUT2D eigenvalue weighted by Gasteiger charge is -2.23. The van der Waals surface area contributed by atoms with Gasteiger partial charge in [0, 0.05) is 51.7 Å². The van der Waals surface area contributed by atoms with Crippen LogP contribution < -0.4 is 0 Å². The Morgan fingerprint density at radius 2 is 1.92 bits per heavy atom. The number of ether oxygens (including phenoxy) is 1. The van der Waals surface area contributed by atoms with Crippen LogP contribution in [0.4, 0.5) is 0 Å². The summed E-state index contributed by atoms with van der Waals surface area (Å²) in [6.45, 7) is 3.91. The molecule has 2 aliphatic heterocycles. The van der Waals surface area contributed by atoms with Gasteiger partial charge in [-0.15, -0.1) is 0 Å². The summed E-state index contributed by atoms with van der Waals surface area (Å²) in [7, 11) is 1.89. The van der Waals surface area contributed by atoms with Crippen molar-refractivity contribution in [2.75, 3.05) is 39.4 Å². The first-order valence-corrected chi connectivity index (χ1v) is 8.62. The van der Waals surface area contributed by atoms with E-state index in [1.165, 1.54) is 12.2 Å². The van der Waals surface area contributed by atoms with Crippen LogP contribution in [0.5, 0.6) is 0 Å². The number of nitrogens with zero attached hydrogens (tertiary/aromatic N) is 4. The summed E-state index contributed by atoms with van der Waals surface area (Å²) in [5.74, 6) is 0.613. The second-order valence-corrected chi connectivity index (χ2v) is 6.59. The monoisotopic (exact) mass is 360 g/mol. The van der Waals surface area contributed by atoms with Gasteiger partial charge in [-0.2, -0.15) is 0 Å². The maximum absolute atomic E-state index is 12.4. The predicted molar refractivity (Wildman–Crippen MR) is 94.0 cm³/mol. The summed E-state index contributed by atoms with van der Waals surface area (Å²) in [5, 5.41) is 8.75. The Morgan fingerprint density at radius 1 is 1.27 bits per heavy atom. The maximum Gasteiger partial charge on any atom is 0.249 e. The Labute approximate surface area is 152 Å². The van der Waals surface area contributed by atoms with Crippen molar-refractivity contribution >= 4 is 11.8 Å². The van der Waals surface area contributed by atoms with E-state index in [1.54, 1.807) is 16.0 Å². The van der Waals surface area contributed by atoms with E-state index < -0.39 is 0 Å². The largest absolute Gasteiger partial charge is 0.392 e. The van der Waals surface area contributed by atoms with Crippen molar-refractivity contribution in [3.05, 3.63) is 41.5 Å². The van der Waals surface area contributed by atoms with Gasteiger partial charge in [0.1, 0.15) is 18.5 Å². The third-order valence-electron chi connectivity index (χ3n) is 4.74. The van der Waals surface area contributed by atoms with Crippen LogP contribution in [0, 0.1) is 0 Å². The fraction of sp³-hybridized carbons (Fsp3) is 0.500. The fourth-order valence-corrected chi connectivity index (χ4v) is 3.30. The first kappa shape index (κ1) is 18.3. The third kappa shape index (κ3) is 3.86. The van der Waals surface area contributed by atoms with E-state index in [-0.39, 0.29) is 31.1 Å². The normalized spacial score (nSPS) is 18.1. The number of rotatable bonds is 6. The lowest BCUT2D eigenvalue weighted by atomic mass is 10.2. The molecule has 0 spiro atoms. The molecule has 3 heterocycles. The molecule has 0 fully saturated rings. The molecule has 8 nitrogen and oxygen atoms in total. The molecule has 0 aliphatic carbocycles. The van der Waals surface area contributed by atoms with E-state index in [0.717, 1.165) is 17.0 Å². The molecular weight excluding hydrogens is 336 g/mol. The highest BCUT2D eigenvalue weighted by atomic mass is 16.5. The molecule has 2 amide bonds. The third-order valence-corrected chi connectivity index (χ3v) is 4.74. The molecule has 1 unspecified atom stereocenters. The summed E-state index contributed by atoms with van der Waals surface area (Å²) in [6, 6.07) is 0. The molecule has 0 aromatic carbocycles. The van der Waals surface area contributed by atoms with Crippen LogP contribution in [-0.4, -0.2) is 75.7 Å². The molecule has 3 rings (SSSR count). The molecule has 0 bridgehead atoms. The van der Waals surface area contributed by atoms with Crippen molar-refractivity contribution in [3.8, 4) is 0 Å². The van der Waals surface area contributed by atoms with Gasteiger partial charge in [-0.25, -0.2) is 4.98 Å². The standard InChI is InChI=1S/C18H24N4O4/c1-13(18-19-5-6-20(18)2)26-12-17(25)22-10-14-8-21(9-15(14)11-22)16(24)4-3-7-23/h3-6,13,23H,7-12H2,1-2H3/b4-3+. The molecule has 26 heavy (non-hydrogen) atoms. The summed E-state index contributed by atoms with van der Waals surface area (Å²) >= 11 is 0. The maximum atomic E-state index is 12.4. The van der Waals surface area contributed by atoms with Crippen molar-refractivity contribution < 1.29 is 19.4 Å². The Kier molecular flexibility index (Phi) is 5.53. The highest BCUT2D eigenvalue weighted by Gasteiger charge is 2.33. The van der Waals surface area contributed by atoms with Crippen LogP contribution in [0.2, 0.25) is 0 Å². The Hall–Kier alpha value is -2.45. The van der Waals surface area contributed by atoms with Crippen LogP contribution in [-0.2, 0) is 21.4 Å². The molecule has 0 radical (unpaired) electrons. The van der Waals surface area contributed by atoms with Crippen LogP contribution in [0.15, 0.2) is 35.7 Å². The van der Waals surface area contributed by atoms with E-state index in [4.69, 9.17) is 9.84 Å². The highest BCUT2D eigenvalue weighted by molar-refractivity contribution is 5.88. The average molecular weight is 360 g/mol. The first-order chi connectivity index (χ1) is 12.5. The number of amides is 2. The number of aliphatic hydroxyl groups is 1. The van der Waals surface area contributed by atoms with Crippen LogP contribution in [0.25, 0.3) is 0 Å². The topological polar surface area (TPSA) is 87.9 Å². The number of aliphatic hydroxyl groups excluding tert-OH is 1. The smallest absolute Gasteiger partial charge is 0.249 e. The van der Waals surface area contributed by atoms with Gasteiger partial charge in [-0.3, -0.25) is 9.59 Å². The van der Waals surface area contributed by atoms with E-state index in [1.807, 2.05) is 24.7 Å². The Bertz CT molecular complexity index is 734. The summed E-state index contributed by atoms with van der Waals surface area (Å²) in [4.78, 5) is 32.1. The zero-order valence-electron chi connectivity index (χ0n) is 15.1. The number of carbonyl (C=O) groups excluding carboxylic acids is 2. The number of imidazole rings is 1. The van der Waals surface area contributed by atoms with E-state index in [0.29, 0.717) is 26.2 Å². The molecule has 0 saturated carbocycles. The molecule has 8 heteroatoms. The lowest BCUT2D eigenvalue weighted by molar-refractivity contribution is -0.137. The molecule has 2 aliphatic rings. The second kappa shape index (κ2) is 7.84. The minimum absolute atomic E-state index is 0.0104. The van der Waals surface area contributed by atoms with Crippen LogP contribution >= 0.6 is 0 Å². The quantitative estimate of drug-likeness (QED) is 0.571. The summed E-state index contributed by atoms with van der Waals surface area (Å²) < 4.78 is 7.55. The lowest BCUT2D eigenvalue weighted by Crippen LogP contribution is -2.37. The zero-order valence-corrected chi connectivity index (χ0v) is 15.1. The number of carbonyl (C=O) groups is 2. The van der Waals surface area contributed by atoms with Gasteiger partial charge in [-0.05, 0) is 18.1 Å². The minimum atomic E-state index is -0.257. The highest BCUT2D eigenvalue weighted by Crippen LogP contribution is 2.26. The molecule has 1 aromatic heterocycles. The SMILES string of the molecule is CC(OCC(=O)N1CC2=C(CN(C(=O)/C=C/CO)C2)C1)c1nccn1C. The van der Waals surface area contributed by atoms with Crippen molar-refractivity contribution in [2.45, 2.75) is 13.0 Å². The summed E-state index contributed by atoms with van der Waals surface area (Å²) in [6.07, 6.45) is 6.11. The first-order valence-electron chi connectivity index (χ1n) is 8.62. The minimum Gasteiger partial charge on any atom is -0.392 e. The van der Waals surface area contributed by atoms with Gasteiger partial charge in [0.05, 0.1) is 6.61 Å². The van der Waals surface area contributed by atoms with Gasteiger partial charge >= 0.3 is 0 Å². The molecule has 0 saturated heterocycles.